The summed E-state index contributed by atoms with van der Waals surface area (Å²) in [6.45, 7) is 2.12. The molecule has 5 heteroatoms. The molecule has 0 radical (unpaired) electrons. The van der Waals surface area contributed by atoms with E-state index in [0.717, 1.165) is 13.1 Å². The first-order valence-electron chi connectivity index (χ1n) is 4.63. The topological polar surface area (TPSA) is 45.1 Å². The highest BCUT2D eigenvalue weighted by Crippen LogP contribution is 2.26. The molecule has 1 aliphatic heterocycles. The lowest BCUT2D eigenvalue weighted by Crippen LogP contribution is -2.14. The fourth-order valence-corrected chi connectivity index (χ4v) is 1.91. The summed E-state index contributed by atoms with van der Waals surface area (Å²) < 4.78 is 0. The standard InChI is InChI=1S/C10H14N2O.2ClH/c13-7-9-5-12-6-10(9)8-2-1-3-11-4-8;;/h1-4,9-10,12-13H,5-7H2;2*1H. The number of nitrogens with one attached hydrogen (secondary N) is 1. The smallest absolute Gasteiger partial charge is 0.0477 e. The van der Waals surface area contributed by atoms with Crippen LogP contribution in [0.25, 0.3) is 0 Å². The molecule has 1 aromatic heterocycles. The first-order chi connectivity index (χ1) is 6.42. The summed E-state index contributed by atoms with van der Waals surface area (Å²) in [5, 5.41) is 12.4. The minimum absolute atomic E-state index is 0. The van der Waals surface area contributed by atoms with Crippen molar-refractivity contribution in [3.05, 3.63) is 30.1 Å². The molecule has 2 unspecified atom stereocenters. The van der Waals surface area contributed by atoms with Crippen molar-refractivity contribution in [3.63, 3.8) is 0 Å². The van der Waals surface area contributed by atoms with Gasteiger partial charge in [0.2, 0.25) is 0 Å². The first kappa shape index (κ1) is 14.6. The fourth-order valence-electron chi connectivity index (χ4n) is 1.91. The third kappa shape index (κ3) is 3.31. The summed E-state index contributed by atoms with van der Waals surface area (Å²) in [5.41, 5.74) is 1.23. The quantitative estimate of drug-likeness (QED) is 0.830. The van der Waals surface area contributed by atoms with Gasteiger partial charge in [-0.15, -0.1) is 24.8 Å². The Morgan fingerprint density at radius 2 is 2.20 bits per heavy atom. The van der Waals surface area contributed by atoms with Gasteiger partial charge >= 0.3 is 0 Å². The van der Waals surface area contributed by atoms with Crippen LogP contribution < -0.4 is 5.32 Å². The van der Waals surface area contributed by atoms with E-state index in [1.807, 2.05) is 12.3 Å². The van der Waals surface area contributed by atoms with Gasteiger partial charge in [0.15, 0.2) is 0 Å². The van der Waals surface area contributed by atoms with E-state index in [4.69, 9.17) is 5.11 Å². The molecule has 0 spiro atoms. The van der Waals surface area contributed by atoms with Crippen LogP contribution in [0.5, 0.6) is 0 Å². The zero-order valence-electron chi connectivity index (χ0n) is 8.30. The highest BCUT2D eigenvalue weighted by Gasteiger charge is 2.27. The Bertz CT molecular complexity index is 271. The van der Waals surface area contributed by atoms with E-state index in [2.05, 4.69) is 16.4 Å². The summed E-state index contributed by atoms with van der Waals surface area (Å²) >= 11 is 0. The SMILES string of the molecule is Cl.Cl.OCC1CNCC1c1cccnc1. The van der Waals surface area contributed by atoms with E-state index in [-0.39, 0.29) is 31.4 Å². The maximum Gasteiger partial charge on any atom is 0.0477 e. The number of pyridine rings is 1. The molecule has 2 atom stereocenters. The van der Waals surface area contributed by atoms with Crippen molar-refractivity contribution in [1.82, 2.24) is 10.3 Å². The Hall–Kier alpha value is -0.350. The van der Waals surface area contributed by atoms with E-state index < -0.39 is 0 Å². The maximum absolute atomic E-state index is 9.14. The van der Waals surface area contributed by atoms with Crippen molar-refractivity contribution in [2.45, 2.75) is 5.92 Å². The van der Waals surface area contributed by atoms with Crippen LogP contribution in [0, 0.1) is 5.92 Å². The van der Waals surface area contributed by atoms with Gasteiger partial charge in [0.25, 0.3) is 0 Å². The van der Waals surface area contributed by atoms with Crippen molar-refractivity contribution in [2.75, 3.05) is 19.7 Å². The molecule has 0 bridgehead atoms. The van der Waals surface area contributed by atoms with E-state index in [1.54, 1.807) is 6.20 Å². The molecule has 1 fully saturated rings. The lowest BCUT2D eigenvalue weighted by Gasteiger charge is -2.15. The van der Waals surface area contributed by atoms with Crippen LogP contribution in [0.1, 0.15) is 11.5 Å². The van der Waals surface area contributed by atoms with Gasteiger partial charge in [0.1, 0.15) is 0 Å². The number of aromatic nitrogens is 1. The lowest BCUT2D eigenvalue weighted by molar-refractivity contribution is 0.226. The monoisotopic (exact) mass is 250 g/mol. The molecule has 0 aliphatic carbocycles. The van der Waals surface area contributed by atoms with Crippen LogP contribution in [0.3, 0.4) is 0 Å². The summed E-state index contributed by atoms with van der Waals surface area (Å²) in [6.07, 6.45) is 3.67. The predicted molar refractivity (Wildman–Crippen MR) is 64.9 cm³/mol. The molecule has 0 amide bonds. The Morgan fingerprint density at radius 1 is 1.40 bits per heavy atom. The molecule has 1 aliphatic rings. The number of rotatable bonds is 2. The number of hydrogen-bond donors (Lipinski definition) is 2. The number of aliphatic hydroxyl groups is 1. The van der Waals surface area contributed by atoms with Crippen molar-refractivity contribution >= 4 is 24.8 Å². The predicted octanol–water partition coefficient (Wildman–Crippen LogP) is 1.22. The molecule has 3 nitrogen and oxygen atoms in total. The molecule has 15 heavy (non-hydrogen) atoms. The van der Waals surface area contributed by atoms with E-state index in [9.17, 15) is 0 Å². The molecule has 2 rings (SSSR count). The average Bonchev–Trinajstić information content (AvgIpc) is 2.67. The van der Waals surface area contributed by atoms with Crippen LogP contribution in [0.15, 0.2) is 24.5 Å². The van der Waals surface area contributed by atoms with Crippen LogP contribution in [-0.2, 0) is 0 Å². The summed E-state index contributed by atoms with van der Waals surface area (Å²) in [6, 6.07) is 4.02. The normalized spacial score (nSPS) is 24.1. The Morgan fingerprint density at radius 3 is 2.80 bits per heavy atom. The van der Waals surface area contributed by atoms with Gasteiger partial charge in [0.05, 0.1) is 0 Å². The Kier molecular flexibility index (Phi) is 6.85. The molecule has 0 aromatic carbocycles. The molecular formula is C10H16Cl2N2O. The summed E-state index contributed by atoms with van der Waals surface area (Å²) in [7, 11) is 0. The van der Waals surface area contributed by atoms with Crippen molar-refractivity contribution in [2.24, 2.45) is 5.92 Å². The zero-order chi connectivity index (χ0) is 9.10. The van der Waals surface area contributed by atoms with Crippen LogP contribution >= 0.6 is 24.8 Å². The van der Waals surface area contributed by atoms with Crippen molar-refractivity contribution < 1.29 is 5.11 Å². The van der Waals surface area contributed by atoms with Crippen LogP contribution in [-0.4, -0.2) is 29.8 Å². The molecule has 86 valence electrons. The van der Waals surface area contributed by atoms with E-state index in [0.29, 0.717) is 11.8 Å². The van der Waals surface area contributed by atoms with Gasteiger partial charge < -0.3 is 10.4 Å². The van der Waals surface area contributed by atoms with Crippen molar-refractivity contribution in [1.29, 1.82) is 0 Å². The minimum Gasteiger partial charge on any atom is -0.396 e. The molecule has 2 heterocycles. The third-order valence-electron chi connectivity index (χ3n) is 2.69. The van der Waals surface area contributed by atoms with Crippen molar-refractivity contribution in [3.8, 4) is 0 Å². The second-order valence-electron chi connectivity index (χ2n) is 3.49. The number of nitrogens with zero attached hydrogens (tertiary/aromatic N) is 1. The molecule has 2 N–H and O–H groups in total. The van der Waals surface area contributed by atoms with Gasteiger partial charge in [-0.05, 0) is 11.6 Å². The first-order valence-corrected chi connectivity index (χ1v) is 4.63. The molecular weight excluding hydrogens is 235 g/mol. The second-order valence-corrected chi connectivity index (χ2v) is 3.49. The van der Waals surface area contributed by atoms with Gasteiger partial charge in [0, 0.05) is 43.9 Å². The zero-order valence-corrected chi connectivity index (χ0v) is 9.93. The lowest BCUT2D eigenvalue weighted by atomic mass is 9.91. The van der Waals surface area contributed by atoms with E-state index >= 15 is 0 Å². The van der Waals surface area contributed by atoms with Crippen LogP contribution in [0.2, 0.25) is 0 Å². The number of hydrogen-bond acceptors (Lipinski definition) is 3. The Labute approximate surface area is 102 Å². The summed E-state index contributed by atoms with van der Waals surface area (Å²) in [5.74, 6) is 0.780. The highest BCUT2D eigenvalue weighted by molar-refractivity contribution is 5.85. The molecule has 1 saturated heterocycles. The third-order valence-corrected chi connectivity index (χ3v) is 2.69. The van der Waals surface area contributed by atoms with Gasteiger partial charge in [-0.25, -0.2) is 0 Å². The maximum atomic E-state index is 9.14. The van der Waals surface area contributed by atoms with Gasteiger partial charge in [-0.2, -0.15) is 0 Å². The van der Waals surface area contributed by atoms with Gasteiger partial charge in [-0.1, -0.05) is 6.07 Å². The Balaban J connectivity index is 0.000000980. The van der Waals surface area contributed by atoms with Gasteiger partial charge in [-0.3, -0.25) is 4.98 Å². The largest absolute Gasteiger partial charge is 0.396 e. The highest BCUT2D eigenvalue weighted by atomic mass is 35.5. The second kappa shape index (κ2) is 7.01. The molecule has 0 saturated carbocycles. The van der Waals surface area contributed by atoms with Crippen LogP contribution in [0.4, 0.5) is 0 Å². The minimum atomic E-state index is 0. The number of aliphatic hydroxyl groups excluding tert-OH is 1. The number of halogens is 2. The fraction of sp³-hybridized carbons (Fsp3) is 0.500. The molecule has 1 aromatic rings. The average molecular weight is 251 g/mol. The van der Waals surface area contributed by atoms with E-state index in [1.165, 1.54) is 5.56 Å². The summed E-state index contributed by atoms with van der Waals surface area (Å²) in [4.78, 5) is 4.09.